The molecule has 0 bridgehead atoms. The molecule has 0 aliphatic carbocycles. The molecule has 128 valence electrons. The molecule has 0 unspecified atom stereocenters. The third-order valence-corrected chi connectivity index (χ3v) is 4.18. The summed E-state index contributed by atoms with van der Waals surface area (Å²) < 4.78 is 11.7. The molecule has 0 fully saturated rings. The zero-order valence-corrected chi connectivity index (χ0v) is 15.3. The van der Waals surface area contributed by atoms with Crippen LogP contribution in [0.25, 0.3) is 11.5 Å². The minimum atomic E-state index is -0.651. The molecular formula is C18H16BrN3O3. The summed E-state index contributed by atoms with van der Waals surface area (Å²) in [5.41, 5.74) is 2.60. The lowest BCUT2D eigenvalue weighted by molar-refractivity contribution is -0.122. The van der Waals surface area contributed by atoms with Crippen LogP contribution in [0.15, 0.2) is 57.7 Å². The van der Waals surface area contributed by atoms with E-state index in [1.54, 1.807) is 31.2 Å². The Morgan fingerprint density at radius 2 is 2.00 bits per heavy atom. The van der Waals surface area contributed by atoms with Gasteiger partial charge in [-0.2, -0.15) is 0 Å². The molecule has 0 saturated carbocycles. The normalized spacial score (nSPS) is 11.8. The Kier molecular flexibility index (Phi) is 5.14. The summed E-state index contributed by atoms with van der Waals surface area (Å²) >= 11 is 3.44. The lowest BCUT2D eigenvalue weighted by Crippen LogP contribution is -2.30. The fourth-order valence-corrected chi connectivity index (χ4v) is 2.78. The lowest BCUT2D eigenvalue weighted by Gasteiger charge is -2.15. The Hall–Kier alpha value is -2.67. The smallest absolute Gasteiger partial charge is 0.265 e. The zero-order valence-electron chi connectivity index (χ0n) is 13.7. The van der Waals surface area contributed by atoms with Crippen LogP contribution in [0, 0.1) is 6.92 Å². The van der Waals surface area contributed by atoms with Gasteiger partial charge < -0.3 is 14.5 Å². The Bertz CT molecular complexity index is 864. The minimum absolute atomic E-state index is 0.231. The molecule has 25 heavy (non-hydrogen) atoms. The van der Waals surface area contributed by atoms with Crippen LogP contribution in [0.1, 0.15) is 12.5 Å². The zero-order chi connectivity index (χ0) is 17.8. The van der Waals surface area contributed by atoms with E-state index in [-0.39, 0.29) is 5.91 Å². The maximum Gasteiger partial charge on any atom is 0.265 e. The van der Waals surface area contributed by atoms with Gasteiger partial charge in [-0.25, -0.2) is 0 Å². The molecule has 1 aromatic heterocycles. The first-order valence-corrected chi connectivity index (χ1v) is 8.42. The maximum atomic E-state index is 12.3. The van der Waals surface area contributed by atoms with Crippen molar-refractivity contribution in [1.29, 1.82) is 0 Å². The Morgan fingerprint density at radius 1 is 1.24 bits per heavy atom. The Balaban J connectivity index is 1.63. The summed E-state index contributed by atoms with van der Waals surface area (Å²) in [5.74, 6) is 0.779. The van der Waals surface area contributed by atoms with Gasteiger partial charge in [0.15, 0.2) is 6.10 Å². The second kappa shape index (κ2) is 7.48. The van der Waals surface area contributed by atoms with E-state index in [1.165, 1.54) is 6.39 Å². The number of ether oxygens (including phenoxy) is 1. The van der Waals surface area contributed by atoms with Crippen LogP contribution in [0.2, 0.25) is 0 Å². The molecule has 2 aromatic carbocycles. The van der Waals surface area contributed by atoms with Crippen molar-refractivity contribution < 1.29 is 13.9 Å². The van der Waals surface area contributed by atoms with Crippen molar-refractivity contribution in [2.24, 2.45) is 0 Å². The van der Waals surface area contributed by atoms with Crippen LogP contribution in [0.4, 0.5) is 5.69 Å². The predicted molar refractivity (Wildman–Crippen MR) is 97.3 cm³/mol. The molecule has 6 nitrogen and oxygen atoms in total. The number of halogens is 1. The molecule has 3 aromatic rings. The SMILES string of the molecule is Cc1ccc(NC(=O)[C@@H](C)Oc2ccc(-c3nnco3)cc2)c(Br)c1. The number of carbonyl (C=O) groups excluding carboxylic acids is 1. The van der Waals surface area contributed by atoms with Gasteiger partial charge in [0.2, 0.25) is 12.3 Å². The maximum absolute atomic E-state index is 12.3. The van der Waals surface area contributed by atoms with E-state index in [1.807, 2.05) is 25.1 Å². The van der Waals surface area contributed by atoms with Crippen LogP contribution in [-0.4, -0.2) is 22.2 Å². The van der Waals surface area contributed by atoms with Crippen LogP contribution in [-0.2, 0) is 4.79 Å². The van der Waals surface area contributed by atoms with E-state index < -0.39 is 6.10 Å². The number of aryl methyl sites for hydroxylation is 1. The lowest BCUT2D eigenvalue weighted by atomic mass is 10.2. The highest BCUT2D eigenvalue weighted by Gasteiger charge is 2.16. The van der Waals surface area contributed by atoms with Crippen molar-refractivity contribution in [3.05, 3.63) is 58.9 Å². The number of anilines is 1. The molecular weight excluding hydrogens is 386 g/mol. The highest BCUT2D eigenvalue weighted by molar-refractivity contribution is 9.10. The number of amides is 1. The van der Waals surface area contributed by atoms with Crippen molar-refractivity contribution in [2.75, 3.05) is 5.32 Å². The van der Waals surface area contributed by atoms with Gasteiger partial charge in [0.1, 0.15) is 5.75 Å². The fourth-order valence-electron chi connectivity index (χ4n) is 2.19. The third-order valence-electron chi connectivity index (χ3n) is 3.53. The number of nitrogens with one attached hydrogen (secondary N) is 1. The molecule has 7 heteroatoms. The van der Waals surface area contributed by atoms with E-state index >= 15 is 0 Å². The summed E-state index contributed by atoms with van der Waals surface area (Å²) in [5, 5.41) is 10.3. The standard InChI is InChI=1S/C18H16BrN3O3/c1-11-3-8-16(15(19)9-11)21-17(23)12(2)25-14-6-4-13(5-7-14)18-22-20-10-24-18/h3-10,12H,1-2H3,(H,21,23)/t12-/m1/s1. The highest BCUT2D eigenvalue weighted by Crippen LogP contribution is 2.24. The van der Waals surface area contributed by atoms with Crippen LogP contribution in [0.3, 0.4) is 0 Å². The summed E-state index contributed by atoms with van der Waals surface area (Å²) in [7, 11) is 0. The number of carbonyl (C=O) groups is 1. The molecule has 0 saturated heterocycles. The Labute approximate surface area is 153 Å². The summed E-state index contributed by atoms with van der Waals surface area (Å²) in [4.78, 5) is 12.3. The summed E-state index contributed by atoms with van der Waals surface area (Å²) in [6, 6.07) is 12.8. The molecule has 0 aliphatic heterocycles. The largest absolute Gasteiger partial charge is 0.481 e. The first kappa shape index (κ1) is 17.2. The van der Waals surface area contributed by atoms with Gasteiger partial charge in [0.05, 0.1) is 5.69 Å². The van der Waals surface area contributed by atoms with Crippen LogP contribution in [0.5, 0.6) is 5.75 Å². The first-order chi connectivity index (χ1) is 12.0. The summed E-state index contributed by atoms with van der Waals surface area (Å²) in [6.07, 6.45) is 0.623. The number of benzene rings is 2. The van der Waals surface area contributed by atoms with Crippen LogP contribution < -0.4 is 10.1 Å². The van der Waals surface area contributed by atoms with E-state index in [0.717, 1.165) is 15.6 Å². The van der Waals surface area contributed by atoms with Crippen molar-refractivity contribution in [3.63, 3.8) is 0 Å². The van der Waals surface area contributed by atoms with E-state index in [9.17, 15) is 4.79 Å². The number of nitrogens with zero attached hydrogens (tertiary/aromatic N) is 2. The van der Waals surface area contributed by atoms with Gasteiger partial charge >= 0.3 is 0 Å². The van der Waals surface area contributed by atoms with Crippen molar-refractivity contribution in [3.8, 4) is 17.2 Å². The third kappa shape index (κ3) is 4.24. The van der Waals surface area contributed by atoms with Gasteiger partial charge in [0, 0.05) is 10.0 Å². The molecule has 1 amide bonds. The minimum Gasteiger partial charge on any atom is -0.481 e. The van der Waals surface area contributed by atoms with Crippen molar-refractivity contribution in [2.45, 2.75) is 20.0 Å². The van der Waals surface area contributed by atoms with Gasteiger partial charge in [-0.1, -0.05) is 6.07 Å². The van der Waals surface area contributed by atoms with E-state index in [0.29, 0.717) is 17.3 Å². The molecule has 1 N–H and O–H groups in total. The van der Waals surface area contributed by atoms with Gasteiger partial charge in [-0.05, 0) is 71.7 Å². The van der Waals surface area contributed by atoms with Crippen molar-refractivity contribution >= 4 is 27.5 Å². The van der Waals surface area contributed by atoms with Gasteiger partial charge in [-0.15, -0.1) is 10.2 Å². The summed E-state index contributed by atoms with van der Waals surface area (Å²) in [6.45, 7) is 3.68. The van der Waals surface area contributed by atoms with Gasteiger partial charge in [-0.3, -0.25) is 4.79 Å². The molecule has 0 radical (unpaired) electrons. The molecule has 1 heterocycles. The predicted octanol–water partition coefficient (Wildman–Crippen LogP) is 4.21. The van der Waals surface area contributed by atoms with E-state index in [2.05, 4.69) is 31.4 Å². The molecule has 3 rings (SSSR count). The van der Waals surface area contributed by atoms with Gasteiger partial charge in [0.25, 0.3) is 5.91 Å². The highest BCUT2D eigenvalue weighted by atomic mass is 79.9. The number of hydrogen-bond acceptors (Lipinski definition) is 5. The quantitative estimate of drug-likeness (QED) is 0.692. The number of hydrogen-bond donors (Lipinski definition) is 1. The van der Waals surface area contributed by atoms with E-state index in [4.69, 9.17) is 9.15 Å². The number of rotatable bonds is 5. The van der Waals surface area contributed by atoms with Crippen LogP contribution >= 0.6 is 15.9 Å². The molecule has 0 aliphatic rings. The van der Waals surface area contributed by atoms with Crippen molar-refractivity contribution in [1.82, 2.24) is 10.2 Å². The fraction of sp³-hybridized carbons (Fsp3) is 0.167. The second-order valence-electron chi connectivity index (χ2n) is 5.50. The average Bonchev–Trinajstić information content (AvgIpc) is 3.12. The Morgan fingerprint density at radius 3 is 2.64 bits per heavy atom. The average molecular weight is 402 g/mol. The monoisotopic (exact) mass is 401 g/mol. The topological polar surface area (TPSA) is 77.2 Å². The molecule has 0 spiro atoms. The second-order valence-corrected chi connectivity index (χ2v) is 6.36. The first-order valence-electron chi connectivity index (χ1n) is 7.63. The molecule has 1 atom stereocenters. The number of aromatic nitrogens is 2.